The van der Waals surface area contributed by atoms with E-state index < -0.39 is 5.60 Å². The van der Waals surface area contributed by atoms with Crippen molar-refractivity contribution in [3.05, 3.63) is 0 Å². The van der Waals surface area contributed by atoms with Crippen molar-refractivity contribution in [2.45, 2.75) is 51.7 Å². The Bertz CT molecular complexity index is 250. The first-order valence-electron chi connectivity index (χ1n) is 5.95. The summed E-state index contributed by atoms with van der Waals surface area (Å²) in [6.45, 7) is 9.76. The van der Waals surface area contributed by atoms with Crippen molar-refractivity contribution in [3.63, 3.8) is 0 Å². The second-order valence-electron chi connectivity index (χ2n) is 5.83. The van der Waals surface area contributed by atoms with Crippen molar-refractivity contribution < 1.29 is 9.90 Å². The Kier molecular flexibility index (Phi) is 3.97. The molecule has 2 N–H and O–H groups in total. The molecule has 0 aromatic heterocycles. The second kappa shape index (κ2) is 4.72. The minimum Gasteiger partial charge on any atom is -0.388 e. The molecule has 16 heavy (non-hydrogen) atoms. The molecule has 0 bridgehead atoms. The maximum Gasteiger partial charge on any atom is 0.219 e. The van der Waals surface area contributed by atoms with Gasteiger partial charge in [0.25, 0.3) is 0 Å². The van der Waals surface area contributed by atoms with Crippen LogP contribution in [0.25, 0.3) is 0 Å². The molecule has 1 saturated heterocycles. The Balaban J connectivity index is 2.41. The van der Waals surface area contributed by atoms with Gasteiger partial charge in [-0.25, -0.2) is 0 Å². The largest absolute Gasteiger partial charge is 0.388 e. The Hall–Kier alpha value is -0.610. The Morgan fingerprint density at radius 3 is 2.25 bits per heavy atom. The van der Waals surface area contributed by atoms with E-state index in [0.717, 1.165) is 0 Å². The monoisotopic (exact) mass is 228 g/mol. The highest BCUT2D eigenvalue weighted by atomic mass is 16.3. The molecule has 1 amide bonds. The zero-order valence-corrected chi connectivity index (χ0v) is 10.8. The van der Waals surface area contributed by atoms with Crippen LogP contribution in [-0.2, 0) is 4.79 Å². The molecule has 0 saturated carbocycles. The number of carbonyl (C=O) groups excluding carboxylic acids is 1. The number of hydrogen-bond acceptors (Lipinski definition) is 3. The first kappa shape index (κ1) is 13.5. The van der Waals surface area contributed by atoms with Gasteiger partial charge < -0.3 is 15.3 Å². The van der Waals surface area contributed by atoms with Gasteiger partial charge in [-0.3, -0.25) is 4.79 Å². The third-order valence-electron chi connectivity index (χ3n) is 3.09. The van der Waals surface area contributed by atoms with E-state index in [1.165, 1.54) is 0 Å². The normalized spacial score (nSPS) is 20.9. The van der Waals surface area contributed by atoms with Crippen LogP contribution in [0, 0.1) is 0 Å². The van der Waals surface area contributed by atoms with Gasteiger partial charge >= 0.3 is 0 Å². The number of piperidine rings is 1. The Morgan fingerprint density at radius 2 is 1.88 bits per heavy atom. The van der Waals surface area contributed by atoms with Crippen molar-refractivity contribution in [3.8, 4) is 0 Å². The lowest BCUT2D eigenvalue weighted by molar-refractivity contribution is -0.133. The molecule has 4 heteroatoms. The van der Waals surface area contributed by atoms with Crippen molar-refractivity contribution in [2.75, 3.05) is 19.6 Å². The first-order chi connectivity index (χ1) is 7.22. The van der Waals surface area contributed by atoms with Gasteiger partial charge in [0, 0.05) is 32.1 Å². The maximum atomic E-state index is 11.2. The van der Waals surface area contributed by atoms with Crippen LogP contribution in [0.2, 0.25) is 0 Å². The minimum atomic E-state index is -0.654. The van der Waals surface area contributed by atoms with Crippen molar-refractivity contribution in [2.24, 2.45) is 0 Å². The quantitative estimate of drug-likeness (QED) is 0.733. The lowest BCUT2D eigenvalue weighted by Crippen LogP contribution is -2.53. The first-order valence-corrected chi connectivity index (χ1v) is 5.95. The molecule has 1 heterocycles. The van der Waals surface area contributed by atoms with E-state index >= 15 is 0 Å². The molecule has 0 aromatic carbocycles. The number of aliphatic hydroxyl groups is 1. The molecule has 1 fully saturated rings. The summed E-state index contributed by atoms with van der Waals surface area (Å²) < 4.78 is 0. The number of rotatable bonds is 2. The minimum absolute atomic E-state index is 0.0213. The number of nitrogens with zero attached hydrogens (tertiary/aromatic N) is 1. The van der Waals surface area contributed by atoms with Crippen LogP contribution in [0.5, 0.6) is 0 Å². The number of β-amino-alcohol motifs (C(OH)–C–C–N with tert-alkyl or cyclic N) is 1. The van der Waals surface area contributed by atoms with Gasteiger partial charge in [-0.05, 0) is 33.6 Å². The number of carbonyl (C=O) groups is 1. The number of nitrogens with one attached hydrogen (secondary N) is 1. The van der Waals surface area contributed by atoms with Gasteiger partial charge in [0.1, 0.15) is 0 Å². The summed E-state index contributed by atoms with van der Waals surface area (Å²) in [5.41, 5.74) is -0.632. The molecule has 0 aromatic rings. The highest BCUT2D eigenvalue weighted by Crippen LogP contribution is 2.22. The van der Waals surface area contributed by atoms with Crippen LogP contribution in [-0.4, -0.2) is 46.7 Å². The summed E-state index contributed by atoms with van der Waals surface area (Å²) in [6, 6.07) is 0. The second-order valence-corrected chi connectivity index (χ2v) is 5.83. The SMILES string of the molecule is CC(=O)N1CCC(O)(CNC(C)(C)C)CC1. The van der Waals surface area contributed by atoms with E-state index in [1.54, 1.807) is 11.8 Å². The molecule has 0 spiro atoms. The topological polar surface area (TPSA) is 52.6 Å². The molecule has 1 aliphatic rings. The molecular weight excluding hydrogens is 204 g/mol. The van der Waals surface area contributed by atoms with Crippen LogP contribution >= 0.6 is 0 Å². The maximum absolute atomic E-state index is 11.2. The standard InChI is InChI=1S/C12H24N2O2/c1-10(15)14-7-5-12(16,6-8-14)9-13-11(2,3)4/h13,16H,5-9H2,1-4H3. The van der Waals surface area contributed by atoms with Gasteiger partial charge in [0.2, 0.25) is 5.91 Å². The number of amides is 1. The van der Waals surface area contributed by atoms with E-state index in [2.05, 4.69) is 26.1 Å². The summed E-state index contributed by atoms with van der Waals surface area (Å²) in [4.78, 5) is 13.0. The highest BCUT2D eigenvalue weighted by Gasteiger charge is 2.33. The van der Waals surface area contributed by atoms with E-state index in [4.69, 9.17) is 0 Å². The van der Waals surface area contributed by atoms with Gasteiger partial charge in [-0.15, -0.1) is 0 Å². The zero-order valence-electron chi connectivity index (χ0n) is 10.8. The average Bonchev–Trinajstić information content (AvgIpc) is 2.15. The zero-order chi connectivity index (χ0) is 12.4. The Morgan fingerprint density at radius 1 is 1.38 bits per heavy atom. The van der Waals surface area contributed by atoms with Crippen LogP contribution < -0.4 is 5.32 Å². The van der Waals surface area contributed by atoms with E-state index in [0.29, 0.717) is 32.5 Å². The third kappa shape index (κ3) is 4.10. The molecule has 94 valence electrons. The summed E-state index contributed by atoms with van der Waals surface area (Å²) in [5.74, 6) is 0.103. The van der Waals surface area contributed by atoms with Crippen molar-refractivity contribution >= 4 is 5.91 Å². The molecule has 4 nitrogen and oxygen atoms in total. The molecule has 0 aliphatic carbocycles. The predicted octanol–water partition coefficient (Wildman–Crippen LogP) is 0.748. The lowest BCUT2D eigenvalue weighted by atomic mass is 9.90. The van der Waals surface area contributed by atoms with Gasteiger partial charge in [-0.1, -0.05) is 0 Å². The number of likely N-dealkylation sites (tertiary alicyclic amines) is 1. The summed E-state index contributed by atoms with van der Waals surface area (Å²) >= 11 is 0. The van der Waals surface area contributed by atoms with E-state index in [9.17, 15) is 9.90 Å². The third-order valence-corrected chi connectivity index (χ3v) is 3.09. The fourth-order valence-corrected chi connectivity index (χ4v) is 1.84. The number of hydrogen-bond donors (Lipinski definition) is 2. The average molecular weight is 228 g/mol. The summed E-state index contributed by atoms with van der Waals surface area (Å²) in [6.07, 6.45) is 1.32. The van der Waals surface area contributed by atoms with E-state index in [-0.39, 0.29) is 11.4 Å². The molecule has 1 aliphatic heterocycles. The highest BCUT2D eigenvalue weighted by molar-refractivity contribution is 5.73. The Labute approximate surface area is 98.0 Å². The van der Waals surface area contributed by atoms with Gasteiger partial charge in [-0.2, -0.15) is 0 Å². The summed E-state index contributed by atoms with van der Waals surface area (Å²) in [5, 5.41) is 13.7. The summed E-state index contributed by atoms with van der Waals surface area (Å²) in [7, 11) is 0. The van der Waals surface area contributed by atoms with E-state index in [1.807, 2.05) is 0 Å². The fourth-order valence-electron chi connectivity index (χ4n) is 1.84. The molecule has 1 rings (SSSR count). The fraction of sp³-hybridized carbons (Fsp3) is 0.917. The molecular formula is C12H24N2O2. The van der Waals surface area contributed by atoms with Crippen molar-refractivity contribution in [1.82, 2.24) is 10.2 Å². The van der Waals surface area contributed by atoms with Crippen molar-refractivity contribution in [1.29, 1.82) is 0 Å². The molecule has 0 radical (unpaired) electrons. The van der Waals surface area contributed by atoms with Crippen LogP contribution in [0.3, 0.4) is 0 Å². The smallest absolute Gasteiger partial charge is 0.219 e. The van der Waals surface area contributed by atoms with Crippen LogP contribution in [0.4, 0.5) is 0 Å². The molecule has 0 atom stereocenters. The molecule has 0 unspecified atom stereocenters. The van der Waals surface area contributed by atoms with Crippen LogP contribution in [0.1, 0.15) is 40.5 Å². The van der Waals surface area contributed by atoms with Gasteiger partial charge in [0.05, 0.1) is 5.60 Å². The van der Waals surface area contributed by atoms with Crippen LogP contribution in [0.15, 0.2) is 0 Å². The predicted molar refractivity (Wildman–Crippen MR) is 64.2 cm³/mol. The lowest BCUT2D eigenvalue weighted by Gasteiger charge is -2.39. The van der Waals surface area contributed by atoms with Gasteiger partial charge in [0.15, 0.2) is 0 Å².